The molecule has 0 aliphatic rings. The summed E-state index contributed by atoms with van der Waals surface area (Å²) in [6.07, 6.45) is 3.02. The molecule has 3 nitrogen and oxygen atoms in total. The Kier molecular flexibility index (Phi) is 5.40. The Hall–Kier alpha value is -1.64. The van der Waals surface area contributed by atoms with Crippen LogP contribution in [0, 0.1) is 0 Å². The van der Waals surface area contributed by atoms with E-state index in [1.807, 2.05) is 19.1 Å². The second kappa shape index (κ2) is 6.84. The van der Waals surface area contributed by atoms with Crippen molar-refractivity contribution in [3.05, 3.63) is 34.9 Å². The molecule has 1 aromatic carbocycles. The number of esters is 1. The molecule has 0 atom stereocenters. The maximum Gasteiger partial charge on any atom is 0.338 e. The van der Waals surface area contributed by atoms with E-state index in [2.05, 4.69) is 0 Å². The summed E-state index contributed by atoms with van der Waals surface area (Å²) >= 11 is 0. The molecule has 0 amide bonds. The molecule has 0 saturated heterocycles. The van der Waals surface area contributed by atoms with Gasteiger partial charge in [0.05, 0.1) is 12.2 Å². The fourth-order valence-corrected chi connectivity index (χ4v) is 1.75. The Balaban J connectivity index is 2.91. The average Bonchev–Trinajstić information content (AvgIpc) is 2.36. The molecule has 1 aromatic rings. The molecule has 0 aromatic heterocycles. The third-order valence-electron chi connectivity index (χ3n) is 2.63. The van der Waals surface area contributed by atoms with E-state index in [1.54, 1.807) is 13.0 Å². The van der Waals surface area contributed by atoms with Gasteiger partial charge in [-0.1, -0.05) is 13.0 Å². The Morgan fingerprint density at radius 1 is 1.29 bits per heavy atom. The normalized spacial score (nSPS) is 10.0. The second-order valence-corrected chi connectivity index (χ2v) is 3.76. The number of aryl methyl sites for hydroxylation is 2. The van der Waals surface area contributed by atoms with Gasteiger partial charge in [0.2, 0.25) is 0 Å². The molecule has 1 rings (SSSR count). The van der Waals surface area contributed by atoms with E-state index < -0.39 is 0 Å². The summed E-state index contributed by atoms with van der Waals surface area (Å²) < 4.78 is 4.95. The lowest BCUT2D eigenvalue weighted by atomic mass is 9.98. The van der Waals surface area contributed by atoms with Gasteiger partial charge in [-0.3, -0.25) is 0 Å². The first-order valence-corrected chi connectivity index (χ1v) is 5.95. The van der Waals surface area contributed by atoms with Gasteiger partial charge in [-0.2, -0.15) is 0 Å². The summed E-state index contributed by atoms with van der Waals surface area (Å²) in [5.74, 6) is -0.288. The number of ether oxygens (including phenoxy) is 1. The van der Waals surface area contributed by atoms with Crippen LogP contribution in [0.2, 0.25) is 0 Å². The first-order chi connectivity index (χ1) is 8.22. The van der Waals surface area contributed by atoms with E-state index in [4.69, 9.17) is 4.74 Å². The molecular weight excluding hydrogens is 216 g/mol. The van der Waals surface area contributed by atoms with Gasteiger partial charge in [-0.15, -0.1) is 0 Å². The minimum absolute atomic E-state index is 0.288. The van der Waals surface area contributed by atoms with Crippen LogP contribution in [0.15, 0.2) is 18.2 Å². The summed E-state index contributed by atoms with van der Waals surface area (Å²) in [6.45, 7) is 4.21. The molecule has 0 aliphatic carbocycles. The number of hydrogen-bond donors (Lipinski definition) is 0. The summed E-state index contributed by atoms with van der Waals surface area (Å²) in [4.78, 5) is 21.9. The highest BCUT2D eigenvalue weighted by Gasteiger charge is 2.09. The molecule has 0 radical (unpaired) electrons. The summed E-state index contributed by atoms with van der Waals surface area (Å²) in [7, 11) is 0. The molecule has 0 bridgehead atoms. The van der Waals surface area contributed by atoms with Crippen molar-refractivity contribution in [2.75, 3.05) is 6.61 Å². The van der Waals surface area contributed by atoms with Crippen molar-refractivity contribution >= 4 is 12.3 Å². The Labute approximate surface area is 102 Å². The van der Waals surface area contributed by atoms with E-state index in [1.165, 1.54) is 0 Å². The van der Waals surface area contributed by atoms with Gasteiger partial charge in [-0.05, 0) is 43.0 Å². The number of carbonyl (C=O) groups is 2. The lowest BCUT2D eigenvalue weighted by Gasteiger charge is -2.09. The maximum atomic E-state index is 11.6. The molecule has 92 valence electrons. The number of hydrogen-bond acceptors (Lipinski definition) is 3. The standard InChI is InChI=1S/C14H18O3/c1-3-11-10-13(14(16)17-4-2)8-7-12(11)6-5-9-15/h7-10H,3-6H2,1-2H3. The first-order valence-electron chi connectivity index (χ1n) is 5.95. The van der Waals surface area contributed by atoms with Gasteiger partial charge in [0.25, 0.3) is 0 Å². The van der Waals surface area contributed by atoms with Crippen LogP contribution in [0.1, 0.15) is 41.8 Å². The van der Waals surface area contributed by atoms with E-state index in [9.17, 15) is 9.59 Å². The third kappa shape index (κ3) is 3.70. The van der Waals surface area contributed by atoms with Gasteiger partial charge < -0.3 is 9.53 Å². The predicted molar refractivity (Wildman–Crippen MR) is 66.2 cm³/mol. The second-order valence-electron chi connectivity index (χ2n) is 3.76. The monoisotopic (exact) mass is 234 g/mol. The van der Waals surface area contributed by atoms with Crippen LogP contribution in [0.25, 0.3) is 0 Å². The zero-order valence-electron chi connectivity index (χ0n) is 10.4. The number of benzene rings is 1. The minimum Gasteiger partial charge on any atom is -0.462 e. The van der Waals surface area contributed by atoms with Crippen molar-refractivity contribution in [3.63, 3.8) is 0 Å². The van der Waals surface area contributed by atoms with Crippen LogP contribution >= 0.6 is 0 Å². The summed E-state index contributed by atoms with van der Waals surface area (Å²) in [5, 5.41) is 0. The van der Waals surface area contributed by atoms with E-state index in [0.29, 0.717) is 18.6 Å². The summed E-state index contributed by atoms with van der Waals surface area (Å²) in [6, 6.07) is 5.53. The molecule has 0 unspecified atom stereocenters. The highest BCUT2D eigenvalue weighted by molar-refractivity contribution is 5.89. The molecule has 0 heterocycles. The van der Waals surface area contributed by atoms with Crippen LogP contribution in [-0.2, 0) is 22.4 Å². The van der Waals surface area contributed by atoms with Gasteiger partial charge >= 0.3 is 5.97 Å². The fraction of sp³-hybridized carbons (Fsp3) is 0.429. The van der Waals surface area contributed by atoms with Crippen molar-refractivity contribution in [1.82, 2.24) is 0 Å². The van der Waals surface area contributed by atoms with Crippen LogP contribution in [-0.4, -0.2) is 18.9 Å². The topological polar surface area (TPSA) is 43.4 Å². The average molecular weight is 234 g/mol. The van der Waals surface area contributed by atoms with Crippen LogP contribution in [0.5, 0.6) is 0 Å². The highest BCUT2D eigenvalue weighted by atomic mass is 16.5. The molecule has 0 fully saturated rings. The van der Waals surface area contributed by atoms with Gasteiger partial charge in [0, 0.05) is 6.42 Å². The third-order valence-corrected chi connectivity index (χ3v) is 2.63. The van der Waals surface area contributed by atoms with Crippen LogP contribution in [0.3, 0.4) is 0 Å². The number of rotatable bonds is 6. The maximum absolute atomic E-state index is 11.6. The van der Waals surface area contributed by atoms with E-state index >= 15 is 0 Å². The summed E-state index contributed by atoms with van der Waals surface area (Å²) in [5.41, 5.74) is 2.82. The van der Waals surface area contributed by atoms with E-state index in [-0.39, 0.29) is 5.97 Å². The zero-order valence-corrected chi connectivity index (χ0v) is 10.4. The molecule has 0 aliphatic heterocycles. The van der Waals surface area contributed by atoms with Gasteiger partial charge in [0.15, 0.2) is 0 Å². The molecule has 0 spiro atoms. The van der Waals surface area contributed by atoms with Crippen molar-refractivity contribution < 1.29 is 14.3 Å². The van der Waals surface area contributed by atoms with Crippen molar-refractivity contribution in [3.8, 4) is 0 Å². The van der Waals surface area contributed by atoms with Crippen LogP contribution < -0.4 is 0 Å². The number of carbonyl (C=O) groups excluding carboxylic acids is 2. The Morgan fingerprint density at radius 3 is 2.65 bits per heavy atom. The largest absolute Gasteiger partial charge is 0.462 e. The SMILES string of the molecule is CCOC(=O)c1ccc(CCC=O)c(CC)c1. The van der Waals surface area contributed by atoms with Crippen molar-refractivity contribution in [1.29, 1.82) is 0 Å². The molecule has 3 heteroatoms. The van der Waals surface area contributed by atoms with Crippen molar-refractivity contribution in [2.24, 2.45) is 0 Å². The van der Waals surface area contributed by atoms with Crippen LogP contribution in [0.4, 0.5) is 0 Å². The molecule has 0 N–H and O–H groups in total. The molecule has 0 saturated carbocycles. The Morgan fingerprint density at radius 2 is 2.06 bits per heavy atom. The van der Waals surface area contributed by atoms with E-state index in [0.717, 1.165) is 30.3 Å². The fourth-order valence-electron chi connectivity index (χ4n) is 1.75. The zero-order chi connectivity index (χ0) is 12.7. The smallest absolute Gasteiger partial charge is 0.338 e. The quantitative estimate of drug-likeness (QED) is 0.561. The van der Waals surface area contributed by atoms with Crippen molar-refractivity contribution in [2.45, 2.75) is 33.1 Å². The lowest BCUT2D eigenvalue weighted by molar-refractivity contribution is -0.107. The highest BCUT2D eigenvalue weighted by Crippen LogP contribution is 2.15. The van der Waals surface area contributed by atoms with Gasteiger partial charge in [-0.25, -0.2) is 4.79 Å². The van der Waals surface area contributed by atoms with Gasteiger partial charge in [0.1, 0.15) is 6.29 Å². The number of aldehydes is 1. The first kappa shape index (κ1) is 13.4. The molecule has 17 heavy (non-hydrogen) atoms. The lowest BCUT2D eigenvalue weighted by Crippen LogP contribution is -2.06. The Bertz CT molecular complexity index is 396. The predicted octanol–water partition coefficient (Wildman–Crippen LogP) is 2.56. The molecular formula is C14H18O3. The minimum atomic E-state index is -0.288.